The van der Waals surface area contributed by atoms with Gasteiger partial charge in [0, 0.05) is 11.3 Å². The third-order valence-electron chi connectivity index (χ3n) is 4.17. The molecule has 0 bridgehead atoms. The van der Waals surface area contributed by atoms with E-state index >= 15 is 0 Å². The van der Waals surface area contributed by atoms with E-state index in [4.69, 9.17) is 4.74 Å². The Kier molecular flexibility index (Phi) is 5.30. The van der Waals surface area contributed by atoms with Crippen LogP contribution >= 0.6 is 0 Å². The van der Waals surface area contributed by atoms with Crippen molar-refractivity contribution in [1.29, 1.82) is 0 Å². The highest BCUT2D eigenvalue weighted by molar-refractivity contribution is 5.93. The lowest BCUT2D eigenvalue weighted by Gasteiger charge is -2.14. The minimum atomic E-state index is -0.795. The predicted molar refractivity (Wildman–Crippen MR) is 103 cm³/mol. The first kappa shape index (κ1) is 18.3. The van der Waals surface area contributed by atoms with E-state index in [0.717, 1.165) is 15.8 Å². The molecule has 0 spiro atoms. The fourth-order valence-corrected chi connectivity index (χ4v) is 2.51. The lowest BCUT2D eigenvalue weighted by molar-refractivity contribution is -0.119. The van der Waals surface area contributed by atoms with Crippen molar-refractivity contribution in [3.05, 3.63) is 70.8 Å². The minimum absolute atomic E-state index is 0.340. The first-order chi connectivity index (χ1) is 13.0. The summed E-state index contributed by atoms with van der Waals surface area (Å²) in [5.41, 5.74) is 2.34. The molecule has 1 atom stereocenters. The topological polar surface area (TPSA) is 86.1 Å². The number of rotatable bonds is 5. The summed E-state index contributed by atoms with van der Waals surface area (Å²) in [4.78, 5) is 28.8. The molecule has 1 aromatic heterocycles. The second kappa shape index (κ2) is 7.82. The van der Waals surface area contributed by atoms with Crippen molar-refractivity contribution in [2.45, 2.75) is 19.9 Å². The lowest BCUT2D eigenvalue weighted by Crippen LogP contribution is -2.34. The molecule has 3 aromatic rings. The molecule has 1 amide bonds. The largest absolute Gasteiger partial charge is 0.497 e. The number of anilines is 1. The summed E-state index contributed by atoms with van der Waals surface area (Å²) in [7, 11) is 1.58. The molecular weight excluding hydrogens is 344 g/mol. The standard InChI is InChI=1S/C20H20N4O3/c1-13-4-8-16(9-5-13)22-19(25)14(2)24-20(26)23-18(12-21-24)15-6-10-17(27-3)11-7-15/h4-12,14H,1-3H3,(H,22,25)/t14-/m0/s1. The van der Waals surface area contributed by atoms with E-state index in [2.05, 4.69) is 15.4 Å². The monoisotopic (exact) mass is 364 g/mol. The van der Waals surface area contributed by atoms with Crippen LogP contribution in [-0.2, 0) is 4.79 Å². The van der Waals surface area contributed by atoms with Crippen LogP contribution in [0.4, 0.5) is 5.69 Å². The smallest absolute Gasteiger partial charge is 0.365 e. The van der Waals surface area contributed by atoms with Crippen LogP contribution in [0.2, 0.25) is 0 Å². The van der Waals surface area contributed by atoms with Gasteiger partial charge >= 0.3 is 5.69 Å². The van der Waals surface area contributed by atoms with Gasteiger partial charge in [0.2, 0.25) is 5.91 Å². The van der Waals surface area contributed by atoms with Crippen LogP contribution in [0.5, 0.6) is 5.75 Å². The van der Waals surface area contributed by atoms with Gasteiger partial charge in [0.05, 0.1) is 19.0 Å². The average molecular weight is 364 g/mol. The van der Waals surface area contributed by atoms with Crippen LogP contribution in [0.15, 0.2) is 59.5 Å². The molecule has 0 radical (unpaired) electrons. The van der Waals surface area contributed by atoms with Gasteiger partial charge in [0.15, 0.2) is 0 Å². The van der Waals surface area contributed by atoms with Gasteiger partial charge in [-0.25, -0.2) is 9.48 Å². The van der Waals surface area contributed by atoms with Crippen LogP contribution in [0.3, 0.4) is 0 Å². The summed E-state index contributed by atoms with van der Waals surface area (Å²) in [5, 5.41) is 6.90. The van der Waals surface area contributed by atoms with Gasteiger partial charge in [0.1, 0.15) is 11.8 Å². The first-order valence-electron chi connectivity index (χ1n) is 8.46. The van der Waals surface area contributed by atoms with Crippen molar-refractivity contribution in [1.82, 2.24) is 14.8 Å². The average Bonchev–Trinajstić information content (AvgIpc) is 2.69. The number of methoxy groups -OCH3 is 1. The lowest BCUT2D eigenvalue weighted by atomic mass is 10.1. The summed E-state index contributed by atoms with van der Waals surface area (Å²) in [6.45, 7) is 3.57. The first-order valence-corrected chi connectivity index (χ1v) is 8.46. The number of nitrogens with one attached hydrogen (secondary N) is 1. The zero-order chi connectivity index (χ0) is 19.4. The number of carbonyl (C=O) groups excluding carboxylic acids is 1. The van der Waals surface area contributed by atoms with E-state index in [1.165, 1.54) is 6.20 Å². The molecule has 0 saturated carbocycles. The molecule has 7 heteroatoms. The van der Waals surface area contributed by atoms with Crippen LogP contribution in [-0.4, -0.2) is 27.8 Å². The SMILES string of the molecule is COc1ccc(-c2cnn([C@@H](C)C(=O)Nc3ccc(C)cc3)c(=O)n2)cc1. The third kappa shape index (κ3) is 4.20. The molecule has 0 saturated heterocycles. The Balaban J connectivity index is 1.78. The Hall–Kier alpha value is -3.48. The molecule has 1 N–H and O–H groups in total. The highest BCUT2D eigenvalue weighted by Gasteiger charge is 2.18. The second-order valence-corrected chi connectivity index (χ2v) is 6.13. The molecule has 138 valence electrons. The quantitative estimate of drug-likeness (QED) is 0.752. The van der Waals surface area contributed by atoms with Gasteiger partial charge in [-0.2, -0.15) is 10.1 Å². The van der Waals surface area contributed by atoms with E-state index in [1.807, 2.05) is 19.1 Å². The van der Waals surface area contributed by atoms with Crippen LogP contribution in [0.1, 0.15) is 18.5 Å². The molecular formula is C20H20N4O3. The molecule has 3 rings (SSSR count). The van der Waals surface area contributed by atoms with Gasteiger partial charge in [-0.1, -0.05) is 17.7 Å². The summed E-state index contributed by atoms with van der Waals surface area (Å²) < 4.78 is 6.18. The maximum absolute atomic E-state index is 12.4. The summed E-state index contributed by atoms with van der Waals surface area (Å²) in [6, 6.07) is 13.8. The van der Waals surface area contributed by atoms with E-state index in [9.17, 15) is 9.59 Å². The number of carbonyl (C=O) groups is 1. The fourth-order valence-electron chi connectivity index (χ4n) is 2.51. The molecule has 2 aromatic carbocycles. The Morgan fingerprint density at radius 3 is 2.37 bits per heavy atom. The van der Waals surface area contributed by atoms with E-state index in [1.54, 1.807) is 50.4 Å². The number of aromatic nitrogens is 3. The Labute approximate surface area is 156 Å². The number of amides is 1. The summed E-state index contributed by atoms with van der Waals surface area (Å²) in [5.74, 6) is 0.369. The minimum Gasteiger partial charge on any atom is -0.497 e. The molecule has 27 heavy (non-hydrogen) atoms. The number of aryl methyl sites for hydroxylation is 1. The molecule has 0 aliphatic heterocycles. The highest BCUT2D eigenvalue weighted by Crippen LogP contribution is 2.19. The summed E-state index contributed by atoms with van der Waals surface area (Å²) >= 11 is 0. The van der Waals surface area contributed by atoms with Crippen LogP contribution < -0.4 is 15.7 Å². The van der Waals surface area contributed by atoms with E-state index in [-0.39, 0.29) is 5.91 Å². The van der Waals surface area contributed by atoms with Crippen LogP contribution in [0.25, 0.3) is 11.3 Å². The zero-order valence-corrected chi connectivity index (χ0v) is 15.3. The number of ether oxygens (including phenoxy) is 1. The van der Waals surface area contributed by atoms with Gasteiger partial charge in [-0.15, -0.1) is 0 Å². The molecule has 0 aliphatic carbocycles. The maximum atomic E-state index is 12.4. The van der Waals surface area contributed by atoms with E-state index in [0.29, 0.717) is 17.1 Å². The molecule has 0 unspecified atom stereocenters. The van der Waals surface area contributed by atoms with Gasteiger partial charge in [-0.3, -0.25) is 4.79 Å². The third-order valence-corrected chi connectivity index (χ3v) is 4.17. The predicted octanol–water partition coefficient (Wildman–Crippen LogP) is 2.82. The van der Waals surface area contributed by atoms with Crippen LogP contribution in [0, 0.1) is 6.92 Å². The van der Waals surface area contributed by atoms with Crippen molar-refractivity contribution in [3.63, 3.8) is 0 Å². The number of hydrogen-bond donors (Lipinski definition) is 1. The van der Waals surface area contributed by atoms with Crippen molar-refractivity contribution in [3.8, 4) is 17.0 Å². The second-order valence-electron chi connectivity index (χ2n) is 6.13. The Morgan fingerprint density at radius 2 is 1.78 bits per heavy atom. The highest BCUT2D eigenvalue weighted by atomic mass is 16.5. The normalized spacial score (nSPS) is 11.7. The van der Waals surface area contributed by atoms with Crippen molar-refractivity contribution in [2.75, 3.05) is 12.4 Å². The van der Waals surface area contributed by atoms with Gasteiger partial charge < -0.3 is 10.1 Å². The number of benzene rings is 2. The van der Waals surface area contributed by atoms with Gasteiger partial charge in [0.25, 0.3) is 0 Å². The zero-order valence-electron chi connectivity index (χ0n) is 15.3. The fraction of sp³-hybridized carbons (Fsp3) is 0.200. The Bertz CT molecular complexity index is 995. The Morgan fingerprint density at radius 1 is 1.11 bits per heavy atom. The molecule has 7 nitrogen and oxygen atoms in total. The van der Waals surface area contributed by atoms with Crippen molar-refractivity contribution in [2.24, 2.45) is 0 Å². The van der Waals surface area contributed by atoms with E-state index < -0.39 is 11.7 Å². The molecule has 0 aliphatic rings. The van der Waals surface area contributed by atoms with Gasteiger partial charge in [-0.05, 0) is 50.2 Å². The molecule has 1 heterocycles. The molecule has 0 fully saturated rings. The van der Waals surface area contributed by atoms with Crippen molar-refractivity contribution >= 4 is 11.6 Å². The van der Waals surface area contributed by atoms with Crippen molar-refractivity contribution < 1.29 is 9.53 Å². The number of hydrogen-bond acceptors (Lipinski definition) is 5. The maximum Gasteiger partial charge on any atom is 0.365 e. The summed E-state index contributed by atoms with van der Waals surface area (Å²) in [6.07, 6.45) is 1.47. The number of nitrogens with zero attached hydrogens (tertiary/aromatic N) is 3.